The predicted molar refractivity (Wildman–Crippen MR) is 99.4 cm³/mol. The number of aromatic nitrogens is 1. The summed E-state index contributed by atoms with van der Waals surface area (Å²) in [5.41, 5.74) is 3.79. The number of rotatable bonds is 6. The fraction of sp³-hybridized carbons (Fsp3) is 0.400. The first-order valence-corrected chi connectivity index (χ1v) is 8.86. The summed E-state index contributed by atoms with van der Waals surface area (Å²) in [4.78, 5) is 18.8. The minimum absolute atomic E-state index is 0.106. The highest BCUT2D eigenvalue weighted by Gasteiger charge is 2.17. The van der Waals surface area contributed by atoms with Gasteiger partial charge in [-0.05, 0) is 50.5 Å². The lowest BCUT2D eigenvalue weighted by atomic mass is 10.1. The van der Waals surface area contributed by atoms with E-state index in [1.807, 2.05) is 12.1 Å². The van der Waals surface area contributed by atoms with Gasteiger partial charge in [-0.2, -0.15) is 0 Å². The maximum atomic E-state index is 12.4. The Hall–Kier alpha value is -2.40. The lowest BCUT2D eigenvalue weighted by molar-refractivity contribution is 0.0857. The standard InChI is InChI=1S/C20H25N3O2/c1-3-23(17-7-4-6-15(2)10-17)18-11-16(12-21-13-18)20(24)22-14-19-8-5-9-25-19/h4,6-7,10-13,19H,3,5,8-9,14H2,1-2H3,(H,22,24). The molecule has 1 aromatic carbocycles. The van der Waals surface area contributed by atoms with Crippen LogP contribution < -0.4 is 10.2 Å². The molecule has 2 aromatic rings. The van der Waals surface area contributed by atoms with Crippen LogP contribution in [0.5, 0.6) is 0 Å². The van der Waals surface area contributed by atoms with Crippen LogP contribution in [0.25, 0.3) is 0 Å². The molecule has 1 unspecified atom stereocenters. The number of hydrogen-bond donors (Lipinski definition) is 1. The number of nitrogens with zero attached hydrogens (tertiary/aromatic N) is 2. The Balaban J connectivity index is 1.74. The highest BCUT2D eigenvalue weighted by molar-refractivity contribution is 5.95. The van der Waals surface area contributed by atoms with Crippen molar-refractivity contribution in [2.24, 2.45) is 0 Å². The number of benzene rings is 1. The monoisotopic (exact) mass is 339 g/mol. The summed E-state index contributed by atoms with van der Waals surface area (Å²) in [6.45, 7) is 6.31. The number of hydrogen-bond acceptors (Lipinski definition) is 4. The van der Waals surface area contributed by atoms with E-state index in [1.165, 1.54) is 5.56 Å². The smallest absolute Gasteiger partial charge is 0.253 e. The average Bonchev–Trinajstić information content (AvgIpc) is 3.14. The summed E-state index contributed by atoms with van der Waals surface area (Å²) < 4.78 is 5.55. The number of amides is 1. The molecule has 25 heavy (non-hydrogen) atoms. The van der Waals surface area contributed by atoms with E-state index in [4.69, 9.17) is 4.74 Å². The molecule has 1 amide bonds. The van der Waals surface area contributed by atoms with E-state index in [2.05, 4.69) is 47.2 Å². The van der Waals surface area contributed by atoms with Gasteiger partial charge in [0.05, 0.1) is 23.6 Å². The maximum Gasteiger partial charge on any atom is 0.253 e. The number of nitrogens with one attached hydrogen (secondary N) is 1. The summed E-state index contributed by atoms with van der Waals surface area (Å²) in [5.74, 6) is -0.106. The molecule has 1 aliphatic heterocycles. The zero-order chi connectivity index (χ0) is 17.6. The van der Waals surface area contributed by atoms with Gasteiger partial charge in [0, 0.05) is 31.6 Å². The zero-order valence-corrected chi connectivity index (χ0v) is 14.9. The minimum atomic E-state index is -0.106. The predicted octanol–water partition coefficient (Wildman–Crippen LogP) is 3.46. The molecule has 0 radical (unpaired) electrons. The molecule has 3 rings (SSSR count). The first kappa shape index (κ1) is 17.4. The summed E-state index contributed by atoms with van der Waals surface area (Å²) in [6.07, 6.45) is 5.62. The second kappa shape index (κ2) is 8.12. The first-order valence-electron chi connectivity index (χ1n) is 8.86. The van der Waals surface area contributed by atoms with E-state index in [1.54, 1.807) is 12.4 Å². The second-order valence-corrected chi connectivity index (χ2v) is 6.36. The number of ether oxygens (including phenoxy) is 1. The van der Waals surface area contributed by atoms with Crippen LogP contribution in [0.1, 0.15) is 35.7 Å². The topological polar surface area (TPSA) is 54.5 Å². The molecular weight excluding hydrogens is 314 g/mol. The summed E-state index contributed by atoms with van der Waals surface area (Å²) in [6, 6.07) is 10.2. The molecule has 1 aliphatic rings. The largest absolute Gasteiger partial charge is 0.376 e. The Labute approximate surface area is 149 Å². The molecular formula is C20H25N3O2. The van der Waals surface area contributed by atoms with E-state index < -0.39 is 0 Å². The van der Waals surface area contributed by atoms with Gasteiger partial charge in [-0.25, -0.2) is 0 Å². The lowest BCUT2D eigenvalue weighted by Crippen LogP contribution is -2.32. The Bertz CT molecular complexity index is 726. The van der Waals surface area contributed by atoms with E-state index >= 15 is 0 Å². The Morgan fingerprint density at radius 3 is 2.92 bits per heavy atom. The number of carbonyl (C=O) groups excluding carboxylic acids is 1. The van der Waals surface area contributed by atoms with Gasteiger partial charge in [-0.1, -0.05) is 12.1 Å². The Kier molecular flexibility index (Phi) is 5.66. The van der Waals surface area contributed by atoms with Gasteiger partial charge in [0.15, 0.2) is 0 Å². The van der Waals surface area contributed by atoms with Crippen LogP contribution in [0.3, 0.4) is 0 Å². The van der Waals surface area contributed by atoms with Crippen molar-refractivity contribution in [1.82, 2.24) is 10.3 Å². The molecule has 1 atom stereocenters. The average molecular weight is 339 g/mol. The molecule has 0 spiro atoms. The maximum absolute atomic E-state index is 12.4. The molecule has 132 valence electrons. The molecule has 1 fully saturated rings. The fourth-order valence-electron chi connectivity index (χ4n) is 3.12. The SMILES string of the molecule is CCN(c1cccc(C)c1)c1cncc(C(=O)NCC2CCCO2)c1. The van der Waals surface area contributed by atoms with Gasteiger partial charge in [-0.15, -0.1) is 0 Å². The van der Waals surface area contributed by atoms with E-state index in [-0.39, 0.29) is 12.0 Å². The molecule has 1 aromatic heterocycles. The number of aryl methyl sites for hydroxylation is 1. The van der Waals surface area contributed by atoms with Crippen LogP contribution in [0.2, 0.25) is 0 Å². The van der Waals surface area contributed by atoms with E-state index in [9.17, 15) is 4.79 Å². The molecule has 1 N–H and O–H groups in total. The van der Waals surface area contributed by atoms with Gasteiger partial charge in [0.1, 0.15) is 0 Å². The quantitative estimate of drug-likeness (QED) is 0.876. The molecule has 0 bridgehead atoms. The van der Waals surface area contributed by atoms with Crippen molar-refractivity contribution in [2.75, 3.05) is 24.6 Å². The number of anilines is 2. The molecule has 0 saturated carbocycles. The van der Waals surface area contributed by atoms with Crippen LogP contribution in [0.15, 0.2) is 42.7 Å². The molecule has 0 aliphatic carbocycles. The number of carbonyl (C=O) groups is 1. The van der Waals surface area contributed by atoms with Crippen LogP contribution in [-0.4, -0.2) is 36.7 Å². The first-order chi connectivity index (χ1) is 12.2. The lowest BCUT2D eigenvalue weighted by Gasteiger charge is -2.23. The van der Waals surface area contributed by atoms with Crippen LogP contribution in [0.4, 0.5) is 11.4 Å². The second-order valence-electron chi connectivity index (χ2n) is 6.36. The van der Waals surface area contributed by atoms with Crippen molar-refractivity contribution >= 4 is 17.3 Å². The van der Waals surface area contributed by atoms with Gasteiger partial charge < -0.3 is 15.0 Å². The summed E-state index contributed by atoms with van der Waals surface area (Å²) in [5, 5.41) is 2.95. The molecule has 5 nitrogen and oxygen atoms in total. The zero-order valence-electron chi connectivity index (χ0n) is 14.9. The molecule has 1 saturated heterocycles. The number of pyridine rings is 1. The van der Waals surface area contributed by atoms with Crippen molar-refractivity contribution in [2.45, 2.75) is 32.8 Å². The minimum Gasteiger partial charge on any atom is -0.376 e. The Morgan fingerprint density at radius 1 is 1.32 bits per heavy atom. The van der Waals surface area contributed by atoms with Crippen LogP contribution in [-0.2, 0) is 4.74 Å². The van der Waals surface area contributed by atoms with E-state index in [0.29, 0.717) is 12.1 Å². The third-order valence-electron chi connectivity index (χ3n) is 4.44. The van der Waals surface area contributed by atoms with Crippen molar-refractivity contribution in [3.05, 3.63) is 53.9 Å². The van der Waals surface area contributed by atoms with Crippen molar-refractivity contribution in [3.8, 4) is 0 Å². The molecule has 5 heteroatoms. The third kappa shape index (κ3) is 4.37. The summed E-state index contributed by atoms with van der Waals surface area (Å²) in [7, 11) is 0. The molecule has 2 heterocycles. The van der Waals surface area contributed by atoms with Gasteiger partial charge in [0.25, 0.3) is 5.91 Å². The van der Waals surface area contributed by atoms with Crippen molar-refractivity contribution in [1.29, 1.82) is 0 Å². The normalized spacial score (nSPS) is 16.6. The van der Waals surface area contributed by atoms with Crippen LogP contribution >= 0.6 is 0 Å². The highest BCUT2D eigenvalue weighted by atomic mass is 16.5. The van der Waals surface area contributed by atoms with E-state index in [0.717, 1.165) is 37.4 Å². The fourth-order valence-corrected chi connectivity index (χ4v) is 3.12. The van der Waals surface area contributed by atoms with Crippen LogP contribution in [0, 0.1) is 6.92 Å². The summed E-state index contributed by atoms with van der Waals surface area (Å²) >= 11 is 0. The Morgan fingerprint density at radius 2 is 2.20 bits per heavy atom. The van der Waals surface area contributed by atoms with Gasteiger partial charge in [-0.3, -0.25) is 9.78 Å². The van der Waals surface area contributed by atoms with Crippen molar-refractivity contribution < 1.29 is 9.53 Å². The van der Waals surface area contributed by atoms with Gasteiger partial charge in [0.2, 0.25) is 0 Å². The van der Waals surface area contributed by atoms with Gasteiger partial charge >= 0.3 is 0 Å². The van der Waals surface area contributed by atoms with Crippen molar-refractivity contribution in [3.63, 3.8) is 0 Å². The third-order valence-corrected chi connectivity index (χ3v) is 4.44. The highest BCUT2D eigenvalue weighted by Crippen LogP contribution is 2.25.